The maximum atomic E-state index is 12.2. The van der Waals surface area contributed by atoms with Crippen LogP contribution in [-0.2, 0) is 4.79 Å². The number of nitrogens with two attached hydrogens (primary N) is 1. The highest BCUT2D eigenvalue weighted by Gasteiger charge is 2.15. The molecule has 7 nitrogen and oxygen atoms in total. The van der Waals surface area contributed by atoms with Gasteiger partial charge in [0, 0.05) is 38.0 Å². The van der Waals surface area contributed by atoms with Gasteiger partial charge in [-0.25, -0.2) is 0 Å². The summed E-state index contributed by atoms with van der Waals surface area (Å²) in [6, 6.07) is 7.52. The number of nitrogens with zero attached hydrogens (tertiary/aromatic N) is 2. The lowest BCUT2D eigenvalue weighted by atomic mass is 10.0. The third-order valence-electron chi connectivity index (χ3n) is 4.39. The van der Waals surface area contributed by atoms with Crippen LogP contribution >= 0.6 is 12.4 Å². The summed E-state index contributed by atoms with van der Waals surface area (Å²) >= 11 is 0. The van der Waals surface area contributed by atoms with Gasteiger partial charge in [-0.2, -0.15) is 5.10 Å². The fourth-order valence-corrected chi connectivity index (χ4v) is 2.49. The number of carbonyl (C=O) groups is 2. The molecular weight excluding hydrogens is 354 g/mol. The summed E-state index contributed by atoms with van der Waals surface area (Å²) < 4.78 is 0. The number of aromatic amines is 1. The Kier molecular flexibility index (Phi) is 8.54. The molecule has 144 valence electrons. The van der Waals surface area contributed by atoms with E-state index in [1.165, 1.54) is 0 Å². The second-order valence-electron chi connectivity index (χ2n) is 6.64. The van der Waals surface area contributed by atoms with E-state index in [1.54, 1.807) is 11.9 Å². The average molecular weight is 382 g/mol. The summed E-state index contributed by atoms with van der Waals surface area (Å²) in [5.74, 6) is 0.101. The molecule has 1 atom stereocenters. The highest BCUT2D eigenvalue weighted by atomic mass is 35.5. The fraction of sp³-hybridized carbons (Fsp3) is 0.500. The minimum atomic E-state index is -0.283. The van der Waals surface area contributed by atoms with E-state index >= 15 is 0 Å². The van der Waals surface area contributed by atoms with Crippen LogP contribution < -0.4 is 11.1 Å². The lowest BCUT2D eigenvalue weighted by molar-refractivity contribution is -0.129. The topological polar surface area (TPSA) is 104 Å². The molecule has 4 N–H and O–H groups in total. The molecule has 0 aliphatic rings. The van der Waals surface area contributed by atoms with Crippen molar-refractivity contribution in [3.63, 3.8) is 0 Å². The van der Waals surface area contributed by atoms with Crippen LogP contribution in [0.1, 0.15) is 37.2 Å². The number of nitrogens with one attached hydrogen (secondary N) is 2. The zero-order valence-electron chi connectivity index (χ0n) is 15.5. The number of hydrogen-bond acceptors (Lipinski definition) is 4. The standard InChI is InChI=1S/C18H27N5O2.ClH/c1-12(2)14(19)9-11-23(3)16(24)8-10-20-18(25)17-13-6-4-5-7-15(13)21-22-17;/h4-7,12,14H,8-11,19H2,1-3H3,(H,20,25)(H,21,22);1H. The van der Waals surface area contributed by atoms with Gasteiger partial charge in [-0.05, 0) is 18.4 Å². The van der Waals surface area contributed by atoms with Crippen LogP contribution in [0.4, 0.5) is 0 Å². The van der Waals surface area contributed by atoms with Crippen LogP contribution in [0, 0.1) is 5.92 Å². The third-order valence-corrected chi connectivity index (χ3v) is 4.39. The van der Waals surface area contributed by atoms with Gasteiger partial charge in [0.15, 0.2) is 5.69 Å². The van der Waals surface area contributed by atoms with E-state index in [1.807, 2.05) is 24.3 Å². The van der Waals surface area contributed by atoms with Gasteiger partial charge >= 0.3 is 0 Å². The Balaban J connectivity index is 0.00000338. The molecule has 1 aromatic heterocycles. The van der Waals surface area contributed by atoms with E-state index < -0.39 is 0 Å². The van der Waals surface area contributed by atoms with Crippen molar-refractivity contribution in [2.75, 3.05) is 20.1 Å². The molecule has 0 fully saturated rings. The van der Waals surface area contributed by atoms with Crippen molar-refractivity contribution < 1.29 is 9.59 Å². The number of carbonyl (C=O) groups excluding carboxylic acids is 2. The van der Waals surface area contributed by atoms with E-state index in [0.29, 0.717) is 18.2 Å². The molecule has 2 aromatic rings. The molecule has 1 heterocycles. The number of benzene rings is 1. The zero-order valence-corrected chi connectivity index (χ0v) is 16.3. The number of halogens is 1. The molecule has 0 saturated heterocycles. The number of fused-ring (bicyclic) bond motifs is 1. The Morgan fingerprint density at radius 3 is 2.69 bits per heavy atom. The van der Waals surface area contributed by atoms with Crippen molar-refractivity contribution in [2.24, 2.45) is 11.7 Å². The second kappa shape index (κ2) is 10.1. The van der Waals surface area contributed by atoms with Gasteiger partial charge in [0.1, 0.15) is 0 Å². The number of para-hydroxylation sites is 1. The van der Waals surface area contributed by atoms with Crippen molar-refractivity contribution in [3.8, 4) is 0 Å². The molecule has 0 saturated carbocycles. The molecule has 2 amide bonds. The van der Waals surface area contributed by atoms with Gasteiger partial charge in [0.25, 0.3) is 5.91 Å². The minimum absolute atomic E-state index is 0. The third kappa shape index (κ3) is 5.71. The van der Waals surface area contributed by atoms with Crippen LogP contribution in [0.15, 0.2) is 24.3 Å². The van der Waals surface area contributed by atoms with Gasteiger partial charge in [0.05, 0.1) is 5.52 Å². The molecular formula is C18H28ClN5O2. The first-order chi connectivity index (χ1) is 11.9. The van der Waals surface area contributed by atoms with Gasteiger partial charge in [-0.15, -0.1) is 12.4 Å². The van der Waals surface area contributed by atoms with Crippen molar-refractivity contribution in [1.29, 1.82) is 0 Å². The normalized spacial score (nSPS) is 11.9. The summed E-state index contributed by atoms with van der Waals surface area (Å²) in [6.07, 6.45) is 1.02. The summed E-state index contributed by atoms with van der Waals surface area (Å²) in [5, 5.41) is 10.4. The van der Waals surface area contributed by atoms with Gasteiger partial charge in [-0.3, -0.25) is 14.7 Å². The van der Waals surface area contributed by atoms with Gasteiger partial charge in [-0.1, -0.05) is 32.0 Å². The zero-order chi connectivity index (χ0) is 18.4. The molecule has 0 aliphatic carbocycles. The van der Waals surface area contributed by atoms with Crippen LogP contribution in [0.2, 0.25) is 0 Å². The number of hydrogen-bond donors (Lipinski definition) is 3. The first-order valence-corrected chi connectivity index (χ1v) is 8.61. The van der Waals surface area contributed by atoms with Crippen LogP contribution in [0.5, 0.6) is 0 Å². The second-order valence-corrected chi connectivity index (χ2v) is 6.64. The Hall–Kier alpha value is -2.12. The van der Waals surface area contributed by atoms with Crippen LogP contribution in [-0.4, -0.2) is 53.1 Å². The van der Waals surface area contributed by atoms with Crippen LogP contribution in [0.3, 0.4) is 0 Å². The Labute approximate surface area is 160 Å². The van der Waals surface area contributed by atoms with Crippen molar-refractivity contribution in [1.82, 2.24) is 20.4 Å². The van der Waals surface area contributed by atoms with E-state index in [2.05, 4.69) is 29.4 Å². The lowest BCUT2D eigenvalue weighted by Gasteiger charge is -2.21. The average Bonchev–Trinajstić information content (AvgIpc) is 3.03. The molecule has 8 heteroatoms. The Bertz CT molecular complexity index is 731. The SMILES string of the molecule is CC(C)C(N)CCN(C)C(=O)CCNC(=O)c1n[nH]c2ccccc12.Cl. The molecule has 26 heavy (non-hydrogen) atoms. The largest absolute Gasteiger partial charge is 0.350 e. The lowest BCUT2D eigenvalue weighted by Crippen LogP contribution is -2.36. The summed E-state index contributed by atoms with van der Waals surface area (Å²) in [5.41, 5.74) is 7.16. The summed E-state index contributed by atoms with van der Waals surface area (Å²) in [6.45, 7) is 5.04. The van der Waals surface area contributed by atoms with Gasteiger partial charge in [0.2, 0.25) is 5.91 Å². The predicted molar refractivity (Wildman–Crippen MR) is 105 cm³/mol. The van der Waals surface area contributed by atoms with E-state index in [4.69, 9.17) is 5.73 Å². The van der Waals surface area contributed by atoms with Crippen molar-refractivity contribution in [2.45, 2.75) is 32.7 Å². The molecule has 1 aromatic carbocycles. The van der Waals surface area contributed by atoms with Crippen molar-refractivity contribution >= 4 is 35.1 Å². The predicted octanol–water partition coefficient (Wildman–Crippen LogP) is 1.94. The highest BCUT2D eigenvalue weighted by molar-refractivity contribution is 6.04. The number of H-pyrrole nitrogens is 1. The summed E-state index contributed by atoms with van der Waals surface area (Å²) in [7, 11) is 1.76. The van der Waals surface area contributed by atoms with E-state index in [-0.39, 0.29) is 43.2 Å². The van der Waals surface area contributed by atoms with Gasteiger partial charge < -0.3 is 16.0 Å². The quantitative estimate of drug-likeness (QED) is 0.649. The number of amides is 2. The van der Waals surface area contributed by atoms with E-state index in [9.17, 15) is 9.59 Å². The number of rotatable bonds is 8. The molecule has 0 spiro atoms. The first-order valence-electron chi connectivity index (χ1n) is 8.61. The molecule has 2 rings (SSSR count). The van der Waals surface area contributed by atoms with Crippen LogP contribution in [0.25, 0.3) is 10.9 Å². The Morgan fingerprint density at radius 2 is 2.00 bits per heavy atom. The maximum absolute atomic E-state index is 12.2. The Morgan fingerprint density at radius 1 is 1.31 bits per heavy atom. The summed E-state index contributed by atoms with van der Waals surface area (Å²) in [4.78, 5) is 26.0. The molecule has 0 radical (unpaired) electrons. The maximum Gasteiger partial charge on any atom is 0.272 e. The molecule has 1 unspecified atom stereocenters. The monoisotopic (exact) mass is 381 g/mol. The first kappa shape index (κ1) is 21.9. The smallest absolute Gasteiger partial charge is 0.272 e. The molecule has 0 aliphatic heterocycles. The minimum Gasteiger partial charge on any atom is -0.350 e. The fourth-order valence-electron chi connectivity index (χ4n) is 2.49. The highest BCUT2D eigenvalue weighted by Crippen LogP contribution is 2.14. The number of aromatic nitrogens is 2. The van der Waals surface area contributed by atoms with E-state index in [0.717, 1.165) is 17.3 Å². The molecule has 0 bridgehead atoms. The van der Waals surface area contributed by atoms with Crippen molar-refractivity contribution in [3.05, 3.63) is 30.0 Å².